The maximum absolute atomic E-state index is 12.5. The van der Waals surface area contributed by atoms with Crippen LogP contribution in [0.3, 0.4) is 0 Å². The maximum Gasteiger partial charge on any atom is 0.343 e. The van der Waals surface area contributed by atoms with Crippen molar-refractivity contribution in [3.63, 3.8) is 0 Å². The van der Waals surface area contributed by atoms with Gasteiger partial charge in [-0.1, -0.05) is 30.3 Å². The number of amides is 1. The number of ether oxygens (including phenoxy) is 2. The molecule has 0 radical (unpaired) electrons. The first-order valence-electron chi connectivity index (χ1n) is 9.14. The fraction of sp³-hybridized carbons (Fsp3) is 0.261. The minimum Gasteiger partial charge on any atom is -0.481 e. The van der Waals surface area contributed by atoms with Crippen LogP contribution in [0.1, 0.15) is 35.2 Å². The highest BCUT2D eigenvalue weighted by atomic mass is 16.6. The van der Waals surface area contributed by atoms with Crippen molar-refractivity contribution in [2.45, 2.75) is 26.8 Å². The molecule has 150 valence electrons. The van der Waals surface area contributed by atoms with Crippen molar-refractivity contribution >= 4 is 18.0 Å². The van der Waals surface area contributed by atoms with Gasteiger partial charge in [0.2, 0.25) is 0 Å². The Morgan fingerprint density at radius 1 is 1.17 bits per heavy atom. The molecule has 0 aliphatic heterocycles. The predicted molar refractivity (Wildman–Crippen MR) is 110 cm³/mol. The fourth-order valence-electron chi connectivity index (χ4n) is 2.90. The molecule has 0 saturated carbocycles. The molecule has 0 heterocycles. The van der Waals surface area contributed by atoms with Gasteiger partial charge in [0, 0.05) is 0 Å². The lowest BCUT2D eigenvalue weighted by molar-refractivity contribution is -0.142. The van der Waals surface area contributed by atoms with E-state index in [0.717, 1.165) is 16.7 Å². The van der Waals surface area contributed by atoms with Crippen LogP contribution in [0.15, 0.2) is 48.0 Å². The third-order valence-electron chi connectivity index (χ3n) is 4.37. The summed E-state index contributed by atoms with van der Waals surface area (Å²) in [6.45, 7) is 5.35. The number of hydrogen-bond acceptors (Lipinski definition) is 5. The molecule has 0 fully saturated rings. The van der Waals surface area contributed by atoms with Crippen LogP contribution in [-0.2, 0) is 14.3 Å². The molecule has 2 aromatic carbocycles. The molecule has 6 nitrogen and oxygen atoms in total. The van der Waals surface area contributed by atoms with Crippen LogP contribution in [0, 0.1) is 25.2 Å². The second kappa shape index (κ2) is 10.1. The average Bonchev–Trinajstić information content (AvgIpc) is 2.71. The summed E-state index contributed by atoms with van der Waals surface area (Å²) < 4.78 is 10.1. The summed E-state index contributed by atoms with van der Waals surface area (Å²) in [6, 6.07) is 14.9. The summed E-state index contributed by atoms with van der Waals surface area (Å²) in [7, 11) is 1.30. The number of aryl methyl sites for hydroxylation is 2. The highest BCUT2D eigenvalue weighted by Crippen LogP contribution is 2.26. The molecule has 1 unspecified atom stereocenters. The number of nitrogens with zero attached hydrogens (tertiary/aromatic N) is 1. The zero-order valence-corrected chi connectivity index (χ0v) is 17.0. The summed E-state index contributed by atoms with van der Waals surface area (Å²) in [4.78, 5) is 23.8. The Hall–Kier alpha value is -3.59. The molecule has 2 aromatic rings. The van der Waals surface area contributed by atoms with E-state index in [0.29, 0.717) is 11.3 Å². The first kappa shape index (κ1) is 21.7. The first-order valence-corrected chi connectivity index (χ1v) is 9.14. The number of benzene rings is 2. The van der Waals surface area contributed by atoms with E-state index in [1.165, 1.54) is 13.2 Å². The van der Waals surface area contributed by atoms with Crippen LogP contribution in [-0.4, -0.2) is 25.6 Å². The maximum atomic E-state index is 12.5. The number of carbonyl (C=O) groups is 2. The number of esters is 1. The van der Waals surface area contributed by atoms with Gasteiger partial charge in [-0.05, 0) is 61.2 Å². The van der Waals surface area contributed by atoms with Crippen LogP contribution in [0.5, 0.6) is 5.75 Å². The van der Waals surface area contributed by atoms with Gasteiger partial charge in [0.15, 0.2) is 6.61 Å². The van der Waals surface area contributed by atoms with E-state index in [1.54, 1.807) is 12.1 Å². The molecule has 0 aromatic heterocycles. The molecule has 0 spiro atoms. The summed E-state index contributed by atoms with van der Waals surface area (Å²) >= 11 is 0. The summed E-state index contributed by atoms with van der Waals surface area (Å²) in [5.74, 6) is -0.331. The highest BCUT2D eigenvalue weighted by Gasteiger charge is 2.15. The predicted octanol–water partition coefficient (Wildman–Crippen LogP) is 3.64. The molecule has 1 atom stereocenters. The minimum atomic E-state index is -0.469. The molecule has 2 rings (SSSR count). The van der Waals surface area contributed by atoms with Gasteiger partial charge >= 0.3 is 5.97 Å². The normalized spacial score (nSPS) is 11.9. The van der Waals surface area contributed by atoms with E-state index in [-0.39, 0.29) is 18.2 Å². The van der Waals surface area contributed by atoms with Crippen LogP contribution >= 0.6 is 0 Å². The van der Waals surface area contributed by atoms with Crippen molar-refractivity contribution in [3.05, 3.63) is 70.3 Å². The van der Waals surface area contributed by atoms with E-state index in [4.69, 9.17) is 4.74 Å². The number of rotatable bonds is 7. The van der Waals surface area contributed by atoms with Gasteiger partial charge in [-0.2, -0.15) is 5.26 Å². The smallest absolute Gasteiger partial charge is 0.343 e. The van der Waals surface area contributed by atoms with Crippen LogP contribution < -0.4 is 10.1 Å². The van der Waals surface area contributed by atoms with Gasteiger partial charge in [0.05, 0.1) is 13.2 Å². The highest BCUT2D eigenvalue weighted by molar-refractivity contribution is 6.01. The van der Waals surface area contributed by atoms with Crippen molar-refractivity contribution in [1.82, 2.24) is 5.32 Å². The van der Waals surface area contributed by atoms with E-state index < -0.39 is 11.9 Å². The van der Waals surface area contributed by atoms with Gasteiger partial charge in [-0.25, -0.2) is 4.79 Å². The van der Waals surface area contributed by atoms with Crippen molar-refractivity contribution in [2.24, 2.45) is 0 Å². The zero-order valence-electron chi connectivity index (χ0n) is 17.0. The Morgan fingerprint density at radius 3 is 2.34 bits per heavy atom. The van der Waals surface area contributed by atoms with Gasteiger partial charge in [0.1, 0.15) is 17.4 Å². The zero-order chi connectivity index (χ0) is 21.4. The fourth-order valence-corrected chi connectivity index (χ4v) is 2.90. The second-order valence-corrected chi connectivity index (χ2v) is 6.62. The lowest BCUT2D eigenvalue weighted by atomic mass is 10.0. The summed E-state index contributed by atoms with van der Waals surface area (Å²) in [6.07, 6.45) is 1.54. The van der Waals surface area contributed by atoms with Crippen LogP contribution in [0.2, 0.25) is 0 Å². The number of methoxy groups -OCH3 is 1. The molecule has 0 saturated heterocycles. The van der Waals surface area contributed by atoms with E-state index >= 15 is 0 Å². The summed E-state index contributed by atoms with van der Waals surface area (Å²) in [5, 5.41) is 12.3. The number of hydrogen-bond donors (Lipinski definition) is 1. The molecule has 29 heavy (non-hydrogen) atoms. The molecular weight excluding hydrogens is 368 g/mol. The van der Waals surface area contributed by atoms with E-state index in [9.17, 15) is 14.9 Å². The Kier molecular flexibility index (Phi) is 7.55. The van der Waals surface area contributed by atoms with Crippen molar-refractivity contribution in [1.29, 1.82) is 5.26 Å². The van der Waals surface area contributed by atoms with Crippen molar-refractivity contribution in [2.75, 3.05) is 13.7 Å². The average molecular weight is 392 g/mol. The Balaban J connectivity index is 2.18. The molecule has 0 bridgehead atoms. The molecule has 6 heteroatoms. The van der Waals surface area contributed by atoms with Gasteiger partial charge in [-0.3, -0.25) is 4.79 Å². The van der Waals surface area contributed by atoms with Crippen LogP contribution in [0.25, 0.3) is 6.08 Å². The quantitative estimate of drug-likeness (QED) is 0.441. The lowest BCUT2D eigenvalue weighted by Gasteiger charge is -2.14. The van der Waals surface area contributed by atoms with Crippen molar-refractivity contribution in [3.8, 4) is 11.8 Å². The summed E-state index contributed by atoms with van der Waals surface area (Å²) in [5.41, 5.74) is 3.24. The largest absolute Gasteiger partial charge is 0.481 e. The van der Waals surface area contributed by atoms with Crippen LogP contribution in [0.4, 0.5) is 0 Å². The molecule has 0 aliphatic rings. The van der Waals surface area contributed by atoms with E-state index in [2.05, 4.69) is 10.1 Å². The third-order valence-corrected chi connectivity index (χ3v) is 4.37. The lowest BCUT2D eigenvalue weighted by Crippen LogP contribution is -2.27. The Labute approximate surface area is 170 Å². The number of nitrogens with one attached hydrogen (secondary N) is 1. The van der Waals surface area contributed by atoms with Gasteiger partial charge in [-0.15, -0.1) is 0 Å². The SMILES string of the molecule is COC(=O)COc1c(C)cc(/C=C(/C#N)C(=O)NC(C)c2ccccc2)cc1C. The monoisotopic (exact) mass is 392 g/mol. The second-order valence-electron chi connectivity index (χ2n) is 6.62. The van der Waals surface area contributed by atoms with E-state index in [1.807, 2.05) is 57.2 Å². The molecule has 1 N–H and O–H groups in total. The Morgan fingerprint density at radius 2 is 1.79 bits per heavy atom. The molecule has 1 amide bonds. The number of nitriles is 1. The molecule has 0 aliphatic carbocycles. The number of carbonyl (C=O) groups excluding carboxylic acids is 2. The standard InChI is InChI=1S/C23H24N2O4/c1-15-10-18(11-16(2)22(15)29-14-21(26)28-4)12-20(13-24)23(27)25-17(3)19-8-6-5-7-9-19/h5-12,17H,14H2,1-4H3,(H,25,27)/b20-12-. The van der Waals surface area contributed by atoms with Gasteiger partial charge in [0.25, 0.3) is 5.91 Å². The molecular formula is C23H24N2O4. The minimum absolute atomic E-state index is 0.00908. The van der Waals surface area contributed by atoms with Gasteiger partial charge < -0.3 is 14.8 Å². The topological polar surface area (TPSA) is 88.4 Å². The first-order chi connectivity index (χ1) is 13.8. The third kappa shape index (κ3) is 5.94. The van der Waals surface area contributed by atoms with Crippen molar-refractivity contribution < 1.29 is 19.1 Å². The Bertz CT molecular complexity index is 936.